The number of carbonyl (C=O) groups excluding carboxylic acids is 1. The fraction of sp³-hybridized carbons (Fsp3) is 0.933. The van der Waals surface area contributed by atoms with Gasteiger partial charge < -0.3 is 10.2 Å². The molecule has 1 N–H and O–H groups in total. The van der Waals surface area contributed by atoms with Gasteiger partial charge in [-0.2, -0.15) is 0 Å². The first-order chi connectivity index (χ1) is 8.77. The van der Waals surface area contributed by atoms with Crippen molar-refractivity contribution >= 4 is 5.91 Å². The fourth-order valence-corrected chi connectivity index (χ4v) is 3.29. The molecule has 3 heteroatoms. The second kappa shape index (κ2) is 7.13. The summed E-state index contributed by atoms with van der Waals surface area (Å²) >= 11 is 0. The molecule has 0 aromatic rings. The van der Waals surface area contributed by atoms with E-state index < -0.39 is 0 Å². The first-order valence-corrected chi connectivity index (χ1v) is 7.77. The summed E-state index contributed by atoms with van der Waals surface area (Å²) in [7, 11) is 0. The van der Waals surface area contributed by atoms with Crippen molar-refractivity contribution in [1.29, 1.82) is 0 Å². The minimum atomic E-state index is 0.405. The van der Waals surface area contributed by atoms with Crippen molar-refractivity contribution in [3.63, 3.8) is 0 Å². The van der Waals surface area contributed by atoms with Gasteiger partial charge in [0.1, 0.15) is 0 Å². The van der Waals surface area contributed by atoms with Gasteiger partial charge in [0.25, 0.3) is 0 Å². The number of nitrogens with zero attached hydrogens (tertiary/aromatic N) is 1. The van der Waals surface area contributed by atoms with Gasteiger partial charge in [0.05, 0.1) is 0 Å². The fourth-order valence-electron chi connectivity index (χ4n) is 3.29. The summed E-state index contributed by atoms with van der Waals surface area (Å²) < 4.78 is 0. The monoisotopic (exact) mass is 252 g/mol. The number of amides is 1. The zero-order valence-electron chi connectivity index (χ0n) is 11.8. The molecule has 3 nitrogen and oxygen atoms in total. The first kappa shape index (κ1) is 13.9. The minimum Gasteiger partial charge on any atom is -0.340 e. The average Bonchev–Trinajstić information content (AvgIpc) is 2.62. The Hall–Kier alpha value is -0.570. The Morgan fingerprint density at radius 1 is 1.17 bits per heavy atom. The Balaban J connectivity index is 1.75. The van der Waals surface area contributed by atoms with Crippen molar-refractivity contribution in [3.05, 3.63) is 0 Å². The van der Waals surface area contributed by atoms with Crippen LogP contribution in [0.3, 0.4) is 0 Å². The van der Waals surface area contributed by atoms with Gasteiger partial charge in [-0.25, -0.2) is 0 Å². The molecule has 0 aromatic carbocycles. The summed E-state index contributed by atoms with van der Waals surface area (Å²) in [5, 5.41) is 3.39. The molecule has 0 saturated carbocycles. The molecule has 2 rings (SSSR count). The SMILES string of the molecule is CC1CCCCCN1C(=O)CCC1CCNCC1. The molecule has 0 aromatic heterocycles. The molecule has 0 aliphatic carbocycles. The maximum absolute atomic E-state index is 12.3. The normalized spacial score (nSPS) is 26.9. The maximum atomic E-state index is 12.3. The molecule has 1 unspecified atom stereocenters. The third kappa shape index (κ3) is 3.98. The molecular formula is C15H28N2O. The standard InChI is InChI=1S/C15H28N2O/c1-13-5-3-2-4-12-17(13)15(18)7-6-14-8-10-16-11-9-14/h13-14,16H,2-12H2,1H3. The number of rotatable bonds is 3. The van der Waals surface area contributed by atoms with Crippen molar-refractivity contribution in [2.24, 2.45) is 5.92 Å². The van der Waals surface area contributed by atoms with Crippen LogP contribution in [0.5, 0.6) is 0 Å². The molecule has 0 bridgehead atoms. The van der Waals surface area contributed by atoms with Crippen molar-refractivity contribution in [2.75, 3.05) is 19.6 Å². The van der Waals surface area contributed by atoms with E-state index in [2.05, 4.69) is 17.1 Å². The molecule has 1 atom stereocenters. The van der Waals surface area contributed by atoms with Crippen LogP contribution in [0.4, 0.5) is 0 Å². The molecule has 0 spiro atoms. The van der Waals surface area contributed by atoms with Crippen molar-refractivity contribution in [3.8, 4) is 0 Å². The summed E-state index contributed by atoms with van der Waals surface area (Å²) in [4.78, 5) is 14.5. The van der Waals surface area contributed by atoms with Crippen molar-refractivity contribution < 1.29 is 4.79 Å². The van der Waals surface area contributed by atoms with Crippen molar-refractivity contribution in [1.82, 2.24) is 10.2 Å². The third-order valence-electron chi connectivity index (χ3n) is 4.60. The Bertz CT molecular complexity index is 261. The summed E-state index contributed by atoms with van der Waals surface area (Å²) in [6.07, 6.45) is 9.36. The highest BCUT2D eigenvalue weighted by atomic mass is 16.2. The Morgan fingerprint density at radius 3 is 2.72 bits per heavy atom. The smallest absolute Gasteiger partial charge is 0.222 e. The number of likely N-dealkylation sites (tertiary alicyclic amines) is 1. The highest BCUT2D eigenvalue weighted by Gasteiger charge is 2.23. The van der Waals surface area contributed by atoms with Gasteiger partial charge in [-0.3, -0.25) is 4.79 Å². The first-order valence-electron chi connectivity index (χ1n) is 7.77. The summed E-state index contributed by atoms with van der Waals surface area (Å²) in [5.74, 6) is 1.18. The van der Waals surface area contributed by atoms with Gasteiger partial charge >= 0.3 is 0 Å². The van der Waals surface area contributed by atoms with Gasteiger partial charge in [0.15, 0.2) is 0 Å². The van der Waals surface area contributed by atoms with E-state index in [0.29, 0.717) is 11.9 Å². The second-order valence-corrected chi connectivity index (χ2v) is 6.02. The van der Waals surface area contributed by atoms with E-state index in [1.165, 1.54) is 38.5 Å². The Kier molecular flexibility index (Phi) is 5.48. The number of nitrogens with one attached hydrogen (secondary N) is 1. The number of carbonyl (C=O) groups is 1. The van der Waals surface area contributed by atoms with Crippen LogP contribution in [0.25, 0.3) is 0 Å². The zero-order valence-corrected chi connectivity index (χ0v) is 11.8. The van der Waals surface area contributed by atoms with Crippen LogP contribution in [-0.2, 0) is 4.79 Å². The van der Waals surface area contributed by atoms with Crippen LogP contribution in [0.15, 0.2) is 0 Å². The van der Waals surface area contributed by atoms with Gasteiger partial charge in [-0.15, -0.1) is 0 Å². The van der Waals surface area contributed by atoms with Crippen LogP contribution in [-0.4, -0.2) is 36.5 Å². The molecular weight excluding hydrogens is 224 g/mol. The Labute approximate surface area is 111 Å². The lowest BCUT2D eigenvalue weighted by atomic mass is 9.93. The molecule has 2 saturated heterocycles. The molecule has 2 fully saturated rings. The highest BCUT2D eigenvalue weighted by molar-refractivity contribution is 5.76. The van der Waals surface area contributed by atoms with Crippen LogP contribution < -0.4 is 5.32 Å². The molecule has 0 radical (unpaired) electrons. The third-order valence-corrected chi connectivity index (χ3v) is 4.60. The van der Waals surface area contributed by atoms with E-state index in [-0.39, 0.29) is 0 Å². The molecule has 18 heavy (non-hydrogen) atoms. The summed E-state index contributed by atoms with van der Waals surface area (Å²) in [6, 6.07) is 0.466. The van der Waals surface area contributed by atoms with Crippen LogP contribution in [0.1, 0.15) is 58.3 Å². The zero-order chi connectivity index (χ0) is 12.8. The van der Waals surface area contributed by atoms with Gasteiger partial charge in [0, 0.05) is 19.0 Å². The van der Waals surface area contributed by atoms with Crippen LogP contribution in [0, 0.1) is 5.92 Å². The summed E-state index contributed by atoms with van der Waals surface area (Å²) in [6.45, 7) is 5.48. The lowest BCUT2D eigenvalue weighted by Crippen LogP contribution is -2.38. The molecule has 1 amide bonds. The van der Waals surface area contributed by atoms with E-state index in [1.54, 1.807) is 0 Å². The molecule has 2 aliphatic heterocycles. The number of hydrogen-bond acceptors (Lipinski definition) is 2. The lowest BCUT2D eigenvalue weighted by molar-refractivity contribution is -0.133. The van der Waals surface area contributed by atoms with E-state index in [0.717, 1.165) is 38.4 Å². The highest BCUT2D eigenvalue weighted by Crippen LogP contribution is 2.21. The average molecular weight is 252 g/mol. The number of hydrogen-bond donors (Lipinski definition) is 1. The minimum absolute atomic E-state index is 0.405. The predicted octanol–water partition coefficient (Wildman–Crippen LogP) is 2.56. The van der Waals surface area contributed by atoms with Crippen LogP contribution in [0.2, 0.25) is 0 Å². The maximum Gasteiger partial charge on any atom is 0.222 e. The van der Waals surface area contributed by atoms with E-state index >= 15 is 0 Å². The summed E-state index contributed by atoms with van der Waals surface area (Å²) in [5.41, 5.74) is 0. The van der Waals surface area contributed by atoms with Gasteiger partial charge in [0.2, 0.25) is 5.91 Å². The molecule has 104 valence electrons. The van der Waals surface area contributed by atoms with Crippen LogP contribution >= 0.6 is 0 Å². The quantitative estimate of drug-likeness (QED) is 0.837. The van der Waals surface area contributed by atoms with E-state index in [9.17, 15) is 4.79 Å². The second-order valence-electron chi connectivity index (χ2n) is 6.02. The Morgan fingerprint density at radius 2 is 1.94 bits per heavy atom. The largest absolute Gasteiger partial charge is 0.340 e. The molecule has 2 heterocycles. The van der Waals surface area contributed by atoms with Gasteiger partial charge in [-0.05, 0) is 58.0 Å². The lowest BCUT2D eigenvalue weighted by Gasteiger charge is -2.28. The molecule has 2 aliphatic rings. The van der Waals surface area contributed by atoms with E-state index in [4.69, 9.17) is 0 Å². The van der Waals surface area contributed by atoms with E-state index in [1.807, 2.05) is 0 Å². The van der Waals surface area contributed by atoms with Crippen molar-refractivity contribution in [2.45, 2.75) is 64.3 Å². The predicted molar refractivity (Wildman–Crippen MR) is 74.5 cm³/mol. The topological polar surface area (TPSA) is 32.3 Å². The van der Waals surface area contributed by atoms with Gasteiger partial charge in [-0.1, -0.05) is 12.8 Å². The number of piperidine rings is 1.